The van der Waals surface area contributed by atoms with Crippen molar-refractivity contribution in [3.05, 3.63) is 70.0 Å². The van der Waals surface area contributed by atoms with Gasteiger partial charge < -0.3 is 5.32 Å². The molecule has 0 atom stereocenters. The van der Waals surface area contributed by atoms with Crippen molar-refractivity contribution in [2.24, 2.45) is 0 Å². The fourth-order valence-corrected chi connectivity index (χ4v) is 2.84. The molecule has 3 rings (SSSR count). The van der Waals surface area contributed by atoms with E-state index in [2.05, 4.69) is 5.32 Å². The van der Waals surface area contributed by atoms with E-state index in [9.17, 15) is 18.8 Å². The van der Waals surface area contributed by atoms with Gasteiger partial charge in [0.25, 0.3) is 11.8 Å². The zero-order valence-electron chi connectivity index (χ0n) is 13.1. The smallest absolute Gasteiger partial charge is 0.264 e. The Morgan fingerprint density at radius 2 is 1.84 bits per heavy atom. The van der Waals surface area contributed by atoms with Crippen LogP contribution >= 0.6 is 11.6 Å². The van der Waals surface area contributed by atoms with Crippen LogP contribution in [0.4, 0.5) is 4.39 Å². The monoisotopic (exact) mass is 360 g/mol. The molecule has 25 heavy (non-hydrogen) atoms. The average Bonchev–Trinajstić information content (AvgIpc) is 2.84. The van der Waals surface area contributed by atoms with Crippen molar-refractivity contribution in [1.82, 2.24) is 10.2 Å². The standard InChI is InChI=1S/C18H14ClFN2O3/c19-13-6-2-1-4-11(13)10-21-15(23)8-9-22-17(24)12-5-3-7-14(20)16(12)18(22)25/h1-7H,8-10H2,(H,21,23). The maximum atomic E-state index is 13.7. The molecule has 0 unspecified atom stereocenters. The summed E-state index contributed by atoms with van der Waals surface area (Å²) in [6, 6.07) is 11.0. The van der Waals surface area contributed by atoms with Crippen molar-refractivity contribution in [3.8, 4) is 0 Å². The topological polar surface area (TPSA) is 66.5 Å². The number of halogens is 2. The molecule has 0 aromatic heterocycles. The molecule has 1 heterocycles. The summed E-state index contributed by atoms with van der Waals surface area (Å²) in [4.78, 5) is 37.2. The molecule has 2 aromatic carbocycles. The number of nitrogens with zero attached hydrogens (tertiary/aromatic N) is 1. The minimum atomic E-state index is -0.735. The van der Waals surface area contributed by atoms with Gasteiger partial charge in [-0.2, -0.15) is 0 Å². The van der Waals surface area contributed by atoms with Gasteiger partial charge in [-0.05, 0) is 23.8 Å². The van der Waals surface area contributed by atoms with Crippen molar-refractivity contribution < 1.29 is 18.8 Å². The van der Waals surface area contributed by atoms with E-state index in [4.69, 9.17) is 11.6 Å². The van der Waals surface area contributed by atoms with Gasteiger partial charge in [0.05, 0.1) is 11.1 Å². The molecule has 1 aliphatic heterocycles. The summed E-state index contributed by atoms with van der Waals surface area (Å²) in [6.07, 6.45) is -0.0719. The molecule has 2 aromatic rings. The summed E-state index contributed by atoms with van der Waals surface area (Å²) in [5, 5.41) is 3.22. The Hall–Kier alpha value is -2.73. The SMILES string of the molecule is O=C(CCN1C(=O)c2cccc(F)c2C1=O)NCc1ccccc1Cl. The number of hydrogen-bond acceptors (Lipinski definition) is 3. The summed E-state index contributed by atoms with van der Waals surface area (Å²) in [5.41, 5.74) is 0.561. The minimum absolute atomic E-state index is 0.0291. The molecular weight excluding hydrogens is 347 g/mol. The summed E-state index contributed by atoms with van der Waals surface area (Å²) in [6.45, 7) is 0.134. The molecule has 0 saturated heterocycles. The normalized spacial score (nSPS) is 13.1. The average molecular weight is 361 g/mol. The van der Waals surface area contributed by atoms with Crippen molar-refractivity contribution >= 4 is 29.3 Å². The van der Waals surface area contributed by atoms with E-state index in [1.54, 1.807) is 24.3 Å². The lowest BCUT2D eigenvalue weighted by Crippen LogP contribution is -2.34. The van der Waals surface area contributed by atoms with Gasteiger partial charge in [-0.1, -0.05) is 35.9 Å². The van der Waals surface area contributed by atoms with E-state index in [-0.39, 0.29) is 36.5 Å². The van der Waals surface area contributed by atoms with Crippen LogP contribution < -0.4 is 5.32 Å². The van der Waals surface area contributed by atoms with Crippen LogP contribution in [0.5, 0.6) is 0 Å². The van der Waals surface area contributed by atoms with E-state index in [1.807, 2.05) is 0 Å². The molecule has 7 heteroatoms. The Morgan fingerprint density at radius 1 is 1.08 bits per heavy atom. The molecule has 0 saturated carbocycles. The molecule has 0 aliphatic carbocycles. The highest BCUT2D eigenvalue weighted by molar-refractivity contribution is 6.31. The Balaban J connectivity index is 1.58. The van der Waals surface area contributed by atoms with Gasteiger partial charge in [-0.25, -0.2) is 4.39 Å². The summed E-state index contributed by atoms with van der Waals surface area (Å²) >= 11 is 6.01. The van der Waals surface area contributed by atoms with Crippen molar-refractivity contribution in [2.75, 3.05) is 6.54 Å². The summed E-state index contributed by atoms with van der Waals surface area (Å²) in [5.74, 6) is -2.37. The first-order chi connectivity index (χ1) is 12.0. The number of benzene rings is 2. The minimum Gasteiger partial charge on any atom is -0.352 e. The lowest BCUT2D eigenvalue weighted by molar-refractivity contribution is -0.121. The fourth-order valence-electron chi connectivity index (χ4n) is 2.63. The largest absolute Gasteiger partial charge is 0.352 e. The first-order valence-corrected chi connectivity index (χ1v) is 8.01. The predicted octanol–water partition coefficient (Wildman–Crippen LogP) is 2.78. The van der Waals surface area contributed by atoms with Gasteiger partial charge >= 0.3 is 0 Å². The van der Waals surface area contributed by atoms with Crippen LogP contribution in [-0.4, -0.2) is 29.2 Å². The third-order valence-electron chi connectivity index (χ3n) is 3.94. The zero-order chi connectivity index (χ0) is 18.0. The molecule has 5 nitrogen and oxygen atoms in total. The summed E-state index contributed by atoms with van der Waals surface area (Å²) < 4.78 is 13.7. The van der Waals surface area contributed by atoms with Crippen LogP contribution in [0.3, 0.4) is 0 Å². The van der Waals surface area contributed by atoms with Crippen molar-refractivity contribution in [3.63, 3.8) is 0 Å². The van der Waals surface area contributed by atoms with Crippen LogP contribution in [0.15, 0.2) is 42.5 Å². The molecule has 1 N–H and O–H groups in total. The maximum absolute atomic E-state index is 13.7. The highest BCUT2D eigenvalue weighted by Gasteiger charge is 2.37. The van der Waals surface area contributed by atoms with Crippen LogP contribution in [0, 0.1) is 5.82 Å². The van der Waals surface area contributed by atoms with E-state index >= 15 is 0 Å². The first-order valence-electron chi connectivity index (χ1n) is 7.64. The van der Waals surface area contributed by atoms with E-state index in [0.717, 1.165) is 16.5 Å². The van der Waals surface area contributed by atoms with Crippen molar-refractivity contribution in [2.45, 2.75) is 13.0 Å². The number of nitrogens with one attached hydrogen (secondary N) is 1. The second-order valence-corrected chi connectivity index (χ2v) is 5.95. The molecule has 128 valence electrons. The second-order valence-electron chi connectivity index (χ2n) is 5.54. The van der Waals surface area contributed by atoms with Crippen LogP contribution in [-0.2, 0) is 11.3 Å². The third kappa shape index (κ3) is 3.39. The Kier molecular flexibility index (Phi) is 4.81. The lowest BCUT2D eigenvalue weighted by atomic mass is 10.1. The highest BCUT2D eigenvalue weighted by Crippen LogP contribution is 2.25. The number of imide groups is 1. The number of amides is 3. The van der Waals surface area contributed by atoms with E-state index < -0.39 is 17.6 Å². The van der Waals surface area contributed by atoms with Crippen LogP contribution in [0.1, 0.15) is 32.7 Å². The number of rotatable bonds is 5. The Bertz CT molecular complexity index is 869. The fraction of sp³-hybridized carbons (Fsp3) is 0.167. The lowest BCUT2D eigenvalue weighted by Gasteiger charge is -2.13. The predicted molar refractivity (Wildman–Crippen MR) is 89.7 cm³/mol. The first kappa shape index (κ1) is 17.1. The van der Waals surface area contributed by atoms with Crippen LogP contribution in [0.25, 0.3) is 0 Å². The van der Waals surface area contributed by atoms with E-state index in [1.165, 1.54) is 12.1 Å². The van der Waals surface area contributed by atoms with Gasteiger partial charge in [0.1, 0.15) is 5.82 Å². The van der Waals surface area contributed by atoms with Gasteiger partial charge in [0.2, 0.25) is 5.91 Å². The molecular formula is C18H14ClFN2O3. The van der Waals surface area contributed by atoms with Gasteiger partial charge in [0.15, 0.2) is 0 Å². The molecule has 1 aliphatic rings. The third-order valence-corrected chi connectivity index (χ3v) is 4.31. The van der Waals surface area contributed by atoms with Gasteiger partial charge in [0, 0.05) is 24.5 Å². The zero-order valence-corrected chi connectivity index (χ0v) is 13.8. The Morgan fingerprint density at radius 3 is 2.56 bits per heavy atom. The van der Waals surface area contributed by atoms with Crippen LogP contribution in [0.2, 0.25) is 5.02 Å². The van der Waals surface area contributed by atoms with Crippen molar-refractivity contribution in [1.29, 1.82) is 0 Å². The molecule has 0 bridgehead atoms. The molecule has 0 fully saturated rings. The molecule has 0 radical (unpaired) electrons. The number of carbonyl (C=O) groups is 3. The number of hydrogen-bond donors (Lipinski definition) is 1. The Labute approximate surface area is 148 Å². The molecule has 3 amide bonds. The highest BCUT2D eigenvalue weighted by atomic mass is 35.5. The number of fused-ring (bicyclic) bond motifs is 1. The quantitative estimate of drug-likeness (QED) is 0.834. The van der Waals surface area contributed by atoms with Gasteiger partial charge in [-0.15, -0.1) is 0 Å². The molecule has 0 spiro atoms. The van der Waals surface area contributed by atoms with Gasteiger partial charge in [-0.3, -0.25) is 19.3 Å². The number of carbonyl (C=O) groups excluding carboxylic acids is 3. The van der Waals surface area contributed by atoms with E-state index in [0.29, 0.717) is 5.02 Å². The second kappa shape index (κ2) is 7.03. The summed E-state index contributed by atoms with van der Waals surface area (Å²) in [7, 11) is 0. The maximum Gasteiger partial charge on any atom is 0.264 e.